The molecule has 0 aliphatic heterocycles. The van der Waals surface area contributed by atoms with E-state index in [4.69, 9.17) is 4.74 Å². The van der Waals surface area contributed by atoms with Crippen LogP contribution in [0, 0.1) is 6.92 Å². The van der Waals surface area contributed by atoms with Gasteiger partial charge in [-0.2, -0.15) is 5.10 Å². The second-order valence-electron chi connectivity index (χ2n) is 4.61. The van der Waals surface area contributed by atoms with E-state index in [1.165, 1.54) is 10.9 Å². The minimum absolute atomic E-state index is 0.776. The molecular weight excluding hydrogens is 236 g/mol. The van der Waals surface area contributed by atoms with Crippen molar-refractivity contribution in [2.45, 2.75) is 13.5 Å². The van der Waals surface area contributed by atoms with E-state index < -0.39 is 0 Å². The minimum atomic E-state index is 0.776. The summed E-state index contributed by atoms with van der Waals surface area (Å²) in [6.45, 7) is 2.81. The lowest BCUT2D eigenvalue weighted by atomic mass is 10.2. The minimum Gasteiger partial charge on any atom is -0.497 e. The molecule has 3 nitrogen and oxygen atoms in total. The van der Waals surface area contributed by atoms with Crippen LogP contribution in [0.25, 0.3) is 10.9 Å². The molecule has 0 bridgehead atoms. The topological polar surface area (TPSA) is 27.1 Å². The number of aryl methyl sites for hydroxylation is 1. The maximum atomic E-state index is 5.30. The molecule has 0 saturated carbocycles. The molecule has 0 fully saturated rings. The van der Waals surface area contributed by atoms with Gasteiger partial charge < -0.3 is 4.74 Å². The Morgan fingerprint density at radius 1 is 1.11 bits per heavy atom. The predicted molar refractivity (Wildman–Crippen MR) is 76.6 cm³/mol. The van der Waals surface area contributed by atoms with Crippen molar-refractivity contribution in [2.75, 3.05) is 7.11 Å². The van der Waals surface area contributed by atoms with Crippen molar-refractivity contribution >= 4 is 10.9 Å². The van der Waals surface area contributed by atoms with Gasteiger partial charge in [0.05, 0.1) is 24.9 Å². The van der Waals surface area contributed by atoms with Crippen molar-refractivity contribution < 1.29 is 4.74 Å². The lowest BCUT2D eigenvalue weighted by Gasteiger charge is -2.05. The van der Waals surface area contributed by atoms with Gasteiger partial charge >= 0.3 is 0 Å². The summed E-state index contributed by atoms with van der Waals surface area (Å²) in [7, 11) is 1.69. The van der Waals surface area contributed by atoms with Gasteiger partial charge in [-0.05, 0) is 24.6 Å². The SMILES string of the molecule is COc1ccc2c(C)nn(Cc3ccccc3)c2c1. The molecule has 2 aromatic carbocycles. The van der Waals surface area contributed by atoms with Gasteiger partial charge in [-0.1, -0.05) is 30.3 Å². The quantitative estimate of drug-likeness (QED) is 0.714. The van der Waals surface area contributed by atoms with Crippen LogP contribution >= 0.6 is 0 Å². The number of benzene rings is 2. The molecule has 1 heterocycles. The number of nitrogens with zero attached hydrogens (tertiary/aromatic N) is 2. The maximum absolute atomic E-state index is 5.30. The number of methoxy groups -OCH3 is 1. The van der Waals surface area contributed by atoms with Crippen LogP contribution in [-0.2, 0) is 6.54 Å². The molecule has 19 heavy (non-hydrogen) atoms. The summed E-state index contributed by atoms with van der Waals surface area (Å²) in [6.07, 6.45) is 0. The molecule has 0 N–H and O–H groups in total. The first-order chi connectivity index (χ1) is 9.28. The van der Waals surface area contributed by atoms with Gasteiger partial charge in [-0.3, -0.25) is 4.68 Å². The van der Waals surface area contributed by atoms with Crippen LogP contribution in [0.15, 0.2) is 48.5 Å². The molecule has 3 heteroatoms. The first-order valence-electron chi connectivity index (χ1n) is 6.33. The van der Waals surface area contributed by atoms with E-state index in [-0.39, 0.29) is 0 Å². The highest BCUT2D eigenvalue weighted by molar-refractivity contribution is 5.83. The van der Waals surface area contributed by atoms with E-state index in [0.717, 1.165) is 23.5 Å². The Kier molecular flexibility index (Phi) is 2.95. The Balaban J connectivity index is 2.08. The van der Waals surface area contributed by atoms with Crippen LogP contribution in [0.5, 0.6) is 5.75 Å². The van der Waals surface area contributed by atoms with Crippen molar-refractivity contribution in [3.8, 4) is 5.75 Å². The molecule has 1 aromatic heterocycles. The third kappa shape index (κ3) is 2.19. The van der Waals surface area contributed by atoms with Gasteiger partial charge in [0.25, 0.3) is 0 Å². The average molecular weight is 252 g/mol. The molecule has 3 rings (SSSR count). The van der Waals surface area contributed by atoms with Crippen molar-refractivity contribution in [3.05, 3.63) is 59.8 Å². The zero-order valence-corrected chi connectivity index (χ0v) is 11.1. The summed E-state index contributed by atoms with van der Waals surface area (Å²) in [4.78, 5) is 0. The van der Waals surface area contributed by atoms with Crippen molar-refractivity contribution in [2.24, 2.45) is 0 Å². The lowest BCUT2D eigenvalue weighted by Crippen LogP contribution is -2.01. The van der Waals surface area contributed by atoms with E-state index in [1.807, 2.05) is 29.8 Å². The Bertz CT molecular complexity index is 701. The molecule has 0 spiro atoms. The molecule has 96 valence electrons. The van der Waals surface area contributed by atoms with Crippen LogP contribution in [0.2, 0.25) is 0 Å². The smallest absolute Gasteiger partial charge is 0.121 e. The third-order valence-electron chi connectivity index (χ3n) is 3.32. The van der Waals surface area contributed by atoms with Gasteiger partial charge in [-0.25, -0.2) is 0 Å². The van der Waals surface area contributed by atoms with Gasteiger partial charge in [-0.15, -0.1) is 0 Å². The number of fused-ring (bicyclic) bond motifs is 1. The second kappa shape index (κ2) is 4.76. The van der Waals surface area contributed by atoms with Crippen LogP contribution in [0.1, 0.15) is 11.3 Å². The Morgan fingerprint density at radius 2 is 1.89 bits per heavy atom. The van der Waals surface area contributed by atoms with Gasteiger partial charge in [0, 0.05) is 11.5 Å². The number of aromatic nitrogens is 2. The van der Waals surface area contributed by atoms with E-state index in [0.29, 0.717) is 0 Å². The zero-order chi connectivity index (χ0) is 13.2. The highest BCUT2D eigenvalue weighted by atomic mass is 16.5. The van der Waals surface area contributed by atoms with Crippen molar-refractivity contribution in [3.63, 3.8) is 0 Å². The predicted octanol–water partition coefficient (Wildman–Crippen LogP) is 3.40. The first-order valence-corrected chi connectivity index (χ1v) is 6.33. The largest absolute Gasteiger partial charge is 0.497 e. The summed E-state index contributed by atoms with van der Waals surface area (Å²) < 4.78 is 7.33. The molecule has 0 saturated heterocycles. The van der Waals surface area contributed by atoms with Gasteiger partial charge in [0.1, 0.15) is 5.75 Å². The first kappa shape index (κ1) is 11.8. The van der Waals surface area contributed by atoms with Crippen LogP contribution < -0.4 is 4.74 Å². The second-order valence-corrected chi connectivity index (χ2v) is 4.61. The fraction of sp³-hybridized carbons (Fsp3) is 0.188. The molecule has 3 aromatic rings. The standard InChI is InChI=1S/C16H16N2O/c1-12-15-9-8-14(19-2)10-16(15)18(17-12)11-13-6-4-3-5-7-13/h3-10H,11H2,1-2H3. The van der Waals surface area contributed by atoms with Crippen molar-refractivity contribution in [1.82, 2.24) is 9.78 Å². The lowest BCUT2D eigenvalue weighted by molar-refractivity contribution is 0.415. The molecule has 0 amide bonds. The number of hydrogen-bond donors (Lipinski definition) is 0. The van der Waals surface area contributed by atoms with E-state index in [1.54, 1.807) is 7.11 Å². The average Bonchev–Trinajstić information content (AvgIpc) is 2.76. The Morgan fingerprint density at radius 3 is 2.63 bits per heavy atom. The summed E-state index contributed by atoms with van der Waals surface area (Å²) >= 11 is 0. The molecule has 0 unspecified atom stereocenters. The van der Waals surface area contributed by atoms with E-state index >= 15 is 0 Å². The fourth-order valence-corrected chi connectivity index (χ4v) is 2.32. The Labute approximate surface area is 112 Å². The summed E-state index contributed by atoms with van der Waals surface area (Å²) in [6, 6.07) is 16.4. The molecule has 0 radical (unpaired) electrons. The summed E-state index contributed by atoms with van der Waals surface area (Å²) in [5.74, 6) is 0.863. The Hall–Kier alpha value is -2.29. The highest BCUT2D eigenvalue weighted by Crippen LogP contribution is 2.24. The highest BCUT2D eigenvalue weighted by Gasteiger charge is 2.08. The molecule has 0 atom stereocenters. The van der Waals surface area contributed by atoms with Gasteiger partial charge in [0.15, 0.2) is 0 Å². The number of rotatable bonds is 3. The van der Waals surface area contributed by atoms with E-state index in [9.17, 15) is 0 Å². The molecule has 0 aliphatic rings. The fourth-order valence-electron chi connectivity index (χ4n) is 2.32. The van der Waals surface area contributed by atoms with E-state index in [2.05, 4.69) is 35.4 Å². The number of hydrogen-bond acceptors (Lipinski definition) is 2. The van der Waals surface area contributed by atoms with Crippen LogP contribution in [0.4, 0.5) is 0 Å². The molecular formula is C16H16N2O. The summed E-state index contributed by atoms with van der Waals surface area (Å²) in [5, 5.41) is 5.80. The number of ether oxygens (including phenoxy) is 1. The van der Waals surface area contributed by atoms with Gasteiger partial charge in [0.2, 0.25) is 0 Å². The normalized spacial score (nSPS) is 10.8. The third-order valence-corrected chi connectivity index (χ3v) is 3.32. The van der Waals surface area contributed by atoms with Crippen LogP contribution in [-0.4, -0.2) is 16.9 Å². The monoisotopic (exact) mass is 252 g/mol. The molecule has 0 aliphatic carbocycles. The van der Waals surface area contributed by atoms with Crippen molar-refractivity contribution in [1.29, 1.82) is 0 Å². The summed E-state index contributed by atoms with van der Waals surface area (Å²) in [5.41, 5.74) is 3.41. The van der Waals surface area contributed by atoms with Crippen LogP contribution in [0.3, 0.4) is 0 Å². The maximum Gasteiger partial charge on any atom is 0.121 e. The zero-order valence-electron chi connectivity index (χ0n) is 11.1.